The predicted octanol–water partition coefficient (Wildman–Crippen LogP) is 5.02. The first-order valence-electron chi connectivity index (χ1n) is 15.4. The topological polar surface area (TPSA) is 140 Å². The van der Waals surface area contributed by atoms with Gasteiger partial charge in [0.05, 0.1) is 17.4 Å². The summed E-state index contributed by atoms with van der Waals surface area (Å²) in [5.41, 5.74) is 9.06. The lowest BCUT2D eigenvalue weighted by atomic mass is 9.89. The maximum absolute atomic E-state index is 15.5. The van der Waals surface area contributed by atoms with Gasteiger partial charge in [-0.25, -0.2) is 24.0 Å². The number of hydrogen-bond donors (Lipinski definition) is 3. The number of halogens is 2. The number of aryl methyl sites for hydroxylation is 2. The van der Waals surface area contributed by atoms with Crippen LogP contribution < -0.4 is 15.8 Å². The van der Waals surface area contributed by atoms with Crippen molar-refractivity contribution in [1.29, 1.82) is 0 Å². The Hall–Kier alpha value is -3.87. The van der Waals surface area contributed by atoms with E-state index in [4.69, 9.17) is 22.1 Å². The molecule has 1 aliphatic heterocycles. The summed E-state index contributed by atoms with van der Waals surface area (Å²) in [6.07, 6.45) is 9.06. The Balaban J connectivity index is 1.09. The minimum atomic E-state index is -0.431. The average Bonchev–Trinajstić information content (AvgIpc) is 3.69. The van der Waals surface area contributed by atoms with Gasteiger partial charge in [0, 0.05) is 56.4 Å². The highest BCUT2D eigenvalue weighted by Gasteiger charge is 2.48. The number of nitrogens with one attached hydrogen (secondary N) is 1. The number of nitrogens with two attached hydrogens (primary N) is 1. The zero-order valence-electron chi connectivity index (χ0n) is 25.8. The second-order valence-electron chi connectivity index (χ2n) is 12.2. The van der Waals surface area contributed by atoms with Crippen LogP contribution in [0, 0.1) is 18.7 Å². The van der Waals surface area contributed by atoms with Crippen molar-refractivity contribution in [3.05, 3.63) is 59.0 Å². The molecule has 0 spiro atoms. The first-order chi connectivity index (χ1) is 21.6. The van der Waals surface area contributed by atoms with Crippen molar-refractivity contribution in [2.24, 2.45) is 13.0 Å². The van der Waals surface area contributed by atoms with Gasteiger partial charge < -0.3 is 20.9 Å². The van der Waals surface area contributed by atoms with Crippen LogP contribution in [0.3, 0.4) is 0 Å². The summed E-state index contributed by atoms with van der Waals surface area (Å²) in [5, 5.41) is 18.6. The Bertz CT molecular complexity index is 1670. The molecular formula is C32H39ClFN9O2. The normalized spacial score (nSPS) is 17.3. The molecule has 45 heavy (non-hydrogen) atoms. The van der Waals surface area contributed by atoms with Gasteiger partial charge in [0.15, 0.2) is 5.82 Å². The van der Waals surface area contributed by atoms with E-state index in [1.54, 1.807) is 41.5 Å². The van der Waals surface area contributed by atoms with E-state index in [2.05, 4.69) is 35.3 Å². The van der Waals surface area contributed by atoms with Crippen LogP contribution in [0.25, 0.3) is 22.6 Å². The van der Waals surface area contributed by atoms with Crippen LogP contribution in [-0.2, 0) is 13.6 Å². The van der Waals surface area contributed by atoms with E-state index in [0.29, 0.717) is 64.9 Å². The van der Waals surface area contributed by atoms with Gasteiger partial charge in [0.25, 0.3) is 0 Å². The van der Waals surface area contributed by atoms with Crippen molar-refractivity contribution in [1.82, 2.24) is 34.6 Å². The number of nitrogens with zero attached hydrogens (tertiary/aromatic N) is 7. The molecule has 1 aliphatic carbocycles. The van der Waals surface area contributed by atoms with E-state index < -0.39 is 11.4 Å². The first kappa shape index (κ1) is 31.1. The highest BCUT2D eigenvalue weighted by Crippen LogP contribution is 2.46. The van der Waals surface area contributed by atoms with Gasteiger partial charge in [-0.1, -0.05) is 11.6 Å². The van der Waals surface area contributed by atoms with E-state index in [1.807, 2.05) is 20.9 Å². The second-order valence-corrected chi connectivity index (χ2v) is 12.6. The van der Waals surface area contributed by atoms with Gasteiger partial charge in [0.2, 0.25) is 5.88 Å². The summed E-state index contributed by atoms with van der Waals surface area (Å²) >= 11 is 6.23. The maximum atomic E-state index is 15.5. The van der Waals surface area contributed by atoms with E-state index in [0.717, 1.165) is 50.0 Å². The van der Waals surface area contributed by atoms with Gasteiger partial charge in [-0.2, -0.15) is 5.10 Å². The van der Waals surface area contributed by atoms with Gasteiger partial charge in [-0.15, -0.1) is 0 Å². The fourth-order valence-electron chi connectivity index (χ4n) is 6.13. The number of anilines is 2. The Morgan fingerprint density at radius 3 is 2.69 bits per heavy atom. The summed E-state index contributed by atoms with van der Waals surface area (Å²) in [5.74, 6) is 1.33. The molecule has 0 amide bonds. The second kappa shape index (κ2) is 12.9. The van der Waals surface area contributed by atoms with Crippen LogP contribution in [0.4, 0.5) is 15.9 Å². The van der Waals surface area contributed by atoms with Crippen LogP contribution in [0.5, 0.6) is 5.88 Å². The quantitative estimate of drug-likeness (QED) is 0.192. The number of pyridine rings is 2. The van der Waals surface area contributed by atoms with Crippen molar-refractivity contribution in [3.8, 4) is 28.5 Å². The fourth-order valence-corrected chi connectivity index (χ4v) is 6.29. The molecule has 1 atom stereocenters. The summed E-state index contributed by atoms with van der Waals surface area (Å²) in [4.78, 5) is 19.7. The van der Waals surface area contributed by atoms with Crippen molar-refractivity contribution in [2.45, 2.75) is 64.2 Å². The number of piperidine rings is 1. The molecule has 4 N–H and O–H groups in total. The summed E-state index contributed by atoms with van der Waals surface area (Å²) in [7, 11) is 1.81. The Kier molecular flexibility index (Phi) is 8.89. The molecule has 2 fully saturated rings. The van der Waals surface area contributed by atoms with Crippen LogP contribution in [-0.4, -0.2) is 71.1 Å². The van der Waals surface area contributed by atoms with E-state index in [-0.39, 0.29) is 11.8 Å². The third-order valence-electron chi connectivity index (χ3n) is 8.79. The number of aromatic nitrogens is 6. The zero-order chi connectivity index (χ0) is 31.7. The van der Waals surface area contributed by atoms with Gasteiger partial charge in [-0.05, 0) is 82.3 Å². The number of rotatable bonds is 11. The SMILES string of the molecule is Cc1nn(C)c(O[C@@H](C)CCNc2cc(Cl)ncc2-c2ncc(CN3CCC(C4(O)CC4)CC3)cc2F)c1-c1nccc(N)n1. The molecular weight excluding hydrogens is 597 g/mol. The summed E-state index contributed by atoms with van der Waals surface area (Å²) < 4.78 is 23.5. The minimum absolute atomic E-state index is 0.209. The van der Waals surface area contributed by atoms with Crippen molar-refractivity contribution in [3.63, 3.8) is 0 Å². The lowest BCUT2D eigenvalue weighted by Gasteiger charge is -2.34. The number of likely N-dealkylation sites (tertiary alicyclic amines) is 1. The lowest BCUT2D eigenvalue weighted by molar-refractivity contribution is 0.0375. The Labute approximate surface area is 267 Å². The fraction of sp³-hybridized carbons (Fsp3) is 0.469. The third kappa shape index (κ3) is 7.03. The summed E-state index contributed by atoms with van der Waals surface area (Å²) in [6, 6.07) is 4.86. The van der Waals surface area contributed by atoms with Gasteiger partial charge >= 0.3 is 0 Å². The predicted molar refractivity (Wildman–Crippen MR) is 171 cm³/mol. The van der Waals surface area contributed by atoms with Gasteiger partial charge in [-0.3, -0.25) is 9.88 Å². The molecule has 1 saturated carbocycles. The molecule has 1 saturated heterocycles. The number of nitrogen functional groups attached to an aromatic ring is 1. The maximum Gasteiger partial charge on any atom is 0.223 e. The lowest BCUT2D eigenvalue weighted by Crippen LogP contribution is -2.38. The Morgan fingerprint density at radius 1 is 1.20 bits per heavy atom. The largest absolute Gasteiger partial charge is 0.474 e. The Morgan fingerprint density at radius 2 is 1.98 bits per heavy atom. The van der Waals surface area contributed by atoms with E-state index in [1.165, 1.54) is 0 Å². The molecule has 6 rings (SSSR count). The molecule has 2 aliphatic rings. The highest BCUT2D eigenvalue weighted by molar-refractivity contribution is 6.29. The molecule has 4 aromatic rings. The first-order valence-corrected chi connectivity index (χ1v) is 15.8. The van der Waals surface area contributed by atoms with Crippen LogP contribution in [0.2, 0.25) is 5.15 Å². The molecule has 0 aromatic carbocycles. The zero-order valence-corrected chi connectivity index (χ0v) is 26.6. The molecule has 0 unspecified atom stereocenters. The van der Waals surface area contributed by atoms with Crippen LogP contribution >= 0.6 is 11.6 Å². The van der Waals surface area contributed by atoms with Crippen LogP contribution in [0.15, 0.2) is 36.8 Å². The number of hydrogen-bond acceptors (Lipinski definition) is 10. The van der Waals surface area contributed by atoms with Crippen LogP contribution in [0.1, 0.15) is 50.3 Å². The van der Waals surface area contributed by atoms with Gasteiger partial charge in [0.1, 0.15) is 28.0 Å². The third-order valence-corrected chi connectivity index (χ3v) is 9.00. The van der Waals surface area contributed by atoms with E-state index >= 15 is 4.39 Å². The molecule has 0 bridgehead atoms. The molecule has 13 heteroatoms. The summed E-state index contributed by atoms with van der Waals surface area (Å²) in [6.45, 7) is 6.76. The molecule has 4 aromatic heterocycles. The standard InChI is InChI=1S/C32H39ClFN9O2/c1-19(45-31-28(20(2)41-42(31)3)30-37-11-5-27(35)40-30)4-10-36-25-15-26(33)38-17-23(25)29-24(34)14-21(16-39-29)18-43-12-6-22(7-13-43)32(44)8-9-32/h5,11,14-17,19,22,44H,4,6-10,12-13,18H2,1-3H3,(H,36,38)(H2,35,37,40)/t19-/m0/s1. The average molecular weight is 636 g/mol. The molecule has 5 heterocycles. The molecule has 0 radical (unpaired) electrons. The monoisotopic (exact) mass is 635 g/mol. The van der Waals surface area contributed by atoms with Crippen molar-refractivity contribution < 1.29 is 14.2 Å². The molecule has 11 nitrogen and oxygen atoms in total. The minimum Gasteiger partial charge on any atom is -0.474 e. The molecule has 238 valence electrons. The number of aliphatic hydroxyl groups is 1. The smallest absolute Gasteiger partial charge is 0.223 e. The van der Waals surface area contributed by atoms with E-state index in [9.17, 15) is 5.11 Å². The van der Waals surface area contributed by atoms with Crippen molar-refractivity contribution >= 4 is 23.1 Å². The highest BCUT2D eigenvalue weighted by atomic mass is 35.5. The van der Waals surface area contributed by atoms with Crippen molar-refractivity contribution in [2.75, 3.05) is 30.7 Å². The number of ether oxygens (including phenoxy) is 1.